The van der Waals surface area contributed by atoms with Crippen molar-refractivity contribution in [2.45, 2.75) is 52.5 Å². The molecule has 0 fully saturated rings. The number of nitrogen functional groups attached to an aromatic ring is 1. The molecule has 3 rings (SSSR count). The monoisotopic (exact) mass is 444 g/mol. The number of anilines is 1. The number of nitrogens with zero attached hydrogens (tertiary/aromatic N) is 6. The fourth-order valence-corrected chi connectivity index (χ4v) is 3.82. The summed E-state index contributed by atoms with van der Waals surface area (Å²) in [4.78, 5) is 12.3. The highest BCUT2D eigenvalue weighted by Gasteiger charge is 2.16. The summed E-state index contributed by atoms with van der Waals surface area (Å²) in [7, 11) is 0. The smallest absolute Gasteiger partial charge is 0.220 e. The Hall–Kier alpha value is -4.11. The molecule has 0 atom stereocenters. The van der Waals surface area contributed by atoms with Gasteiger partial charge in [0.25, 0.3) is 0 Å². The topological polar surface area (TPSA) is 138 Å². The van der Waals surface area contributed by atoms with Crippen LogP contribution in [0.2, 0.25) is 0 Å². The highest BCUT2D eigenvalue weighted by atomic mass is 16.1. The first-order valence-corrected chi connectivity index (χ1v) is 11.0. The van der Waals surface area contributed by atoms with Gasteiger partial charge in [-0.05, 0) is 50.8 Å². The van der Waals surface area contributed by atoms with E-state index >= 15 is 0 Å². The Labute approximate surface area is 193 Å². The Morgan fingerprint density at radius 2 is 1.91 bits per heavy atom. The van der Waals surface area contributed by atoms with Gasteiger partial charge >= 0.3 is 0 Å². The molecule has 0 saturated carbocycles. The van der Waals surface area contributed by atoms with Crippen molar-refractivity contribution in [3.63, 3.8) is 0 Å². The van der Waals surface area contributed by atoms with Crippen molar-refractivity contribution >= 4 is 11.7 Å². The number of hydrogen-bond acceptors (Lipinski definition) is 6. The molecule has 170 valence electrons. The molecule has 2 heterocycles. The van der Waals surface area contributed by atoms with Gasteiger partial charge in [0.2, 0.25) is 5.91 Å². The number of benzene rings is 1. The van der Waals surface area contributed by atoms with Gasteiger partial charge in [0.05, 0.1) is 36.1 Å². The highest BCUT2D eigenvalue weighted by molar-refractivity contribution is 5.76. The normalized spacial score (nSPS) is 10.5. The standard InChI is InChI=1S/C24H28N8O/c1-17-20(18(2)31(29-17)15-7-13-25)11-12-23(33)28-14-6-10-22-21(16-26)24(27)32(30-22)19-8-4-3-5-9-19/h3-5,8-9H,6-7,10-12,14-15,27H2,1-2H3,(H,28,33). The van der Waals surface area contributed by atoms with Crippen molar-refractivity contribution in [3.05, 3.63) is 58.5 Å². The number of hydrogen-bond donors (Lipinski definition) is 2. The number of nitrogens with two attached hydrogens (primary N) is 1. The lowest BCUT2D eigenvalue weighted by Crippen LogP contribution is -2.25. The van der Waals surface area contributed by atoms with Crippen LogP contribution in [0.4, 0.5) is 5.82 Å². The van der Waals surface area contributed by atoms with E-state index in [4.69, 9.17) is 11.0 Å². The lowest BCUT2D eigenvalue weighted by molar-refractivity contribution is -0.121. The number of rotatable bonds is 10. The second kappa shape index (κ2) is 11.0. The van der Waals surface area contributed by atoms with Crippen LogP contribution in [0, 0.1) is 36.5 Å². The van der Waals surface area contributed by atoms with Gasteiger partial charge in [-0.1, -0.05) is 18.2 Å². The Bertz CT molecular complexity index is 1190. The second-order valence-electron chi connectivity index (χ2n) is 7.80. The molecule has 0 aliphatic rings. The van der Waals surface area contributed by atoms with Crippen LogP contribution >= 0.6 is 0 Å². The van der Waals surface area contributed by atoms with E-state index in [2.05, 4.69) is 27.7 Å². The average Bonchev–Trinajstić information content (AvgIpc) is 3.28. The molecule has 0 spiro atoms. The molecule has 9 nitrogen and oxygen atoms in total. The SMILES string of the molecule is Cc1nn(CCC#N)c(C)c1CCC(=O)NCCCc1nn(-c2ccccc2)c(N)c1C#N. The van der Waals surface area contributed by atoms with Crippen molar-refractivity contribution in [1.29, 1.82) is 10.5 Å². The molecule has 2 aromatic heterocycles. The summed E-state index contributed by atoms with van der Waals surface area (Å²) in [6, 6.07) is 13.7. The molecule has 0 radical (unpaired) electrons. The summed E-state index contributed by atoms with van der Waals surface area (Å²) < 4.78 is 3.41. The zero-order chi connectivity index (χ0) is 23.8. The zero-order valence-corrected chi connectivity index (χ0v) is 19.0. The van der Waals surface area contributed by atoms with Crippen LogP contribution in [0.5, 0.6) is 0 Å². The van der Waals surface area contributed by atoms with Crippen LogP contribution in [-0.4, -0.2) is 32.0 Å². The Morgan fingerprint density at radius 3 is 2.61 bits per heavy atom. The maximum Gasteiger partial charge on any atom is 0.220 e. The Kier molecular flexibility index (Phi) is 7.82. The number of carbonyl (C=O) groups is 1. The van der Waals surface area contributed by atoms with Crippen molar-refractivity contribution in [3.8, 4) is 17.8 Å². The summed E-state index contributed by atoms with van der Waals surface area (Å²) >= 11 is 0. The molecule has 3 aromatic rings. The van der Waals surface area contributed by atoms with Gasteiger partial charge in [0.15, 0.2) is 0 Å². The summed E-state index contributed by atoms with van der Waals surface area (Å²) in [5, 5.41) is 30.2. The minimum atomic E-state index is -0.0339. The van der Waals surface area contributed by atoms with E-state index in [9.17, 15) is 10.1 Å². The molecule has 1 aromatic carbocycles. The molecule has 0 aliphatic carbocycles. The molecule has 0 aliphatic heterocycles. The number of nitrogens with one attached hydrogen (secondary N) is 1. The number of para-hydroxylation sites is 1. The fraction of sp³-hybridized carbons (Fsp3) is 0.375. The van der Waals surface area contributed by atoms with Crippen molar-refractivity contribution in [2.24, 2.45) is 0 Å². The number of amides is 1. The number of aromatic nitrogens is 4. The third-order valence-electron chi connectivity index (χ3n) is 5.59. The fourth-order valence-electron chi connectivity index (χ4n) is 3.82. The average molecular weight is 445 g/mol. The van der Waals surface area contributed by atoms with Crippen molar-refractivity contribution in [2.75, 3.05) is 12.3 Å². The quantitative estimate of drug-likeness (QED) is 0.461. The van der Waals surface area contributed by atoms with E-state index in [1.165, 1.54) is 0 Å². The molecule has 0 saturated heterocycles. The first-order chi connectivity index (χ1) is 16.0. The van der Waals surface area contributed by atoms with Crippen LogP contribution in [0.15, 0.2) is 30.3 Å². The zero-order valence-electron chi connectivity index (χ0n) is 19.0. The molecule has 3 N–H and O–H groups in total. The minimum Gasteiger partial charge on any atom is -0.382 e. The first-order valence-electron chi connectivity index (χ1n) is 11.0. The van der Waals surface area contributed by atoms with Gasteiger partial charge in [0.1, 0.15) is 17.5 Å². The molecular formula is C24H28N8O. The van der Waals surface area contributed by atoms with Gasteiger partial charge in [-0.25, -0.2) is 4.68 Å². The summed E-state index contributed by atoms with van der Waals surface area (Å²) in [5.41, 5.74) is 10.9. The van der Waals surface area contributed by atoms with E-state index in [0.29, 0.717) is 62.3 Å². The van der Waals surface area contributed by atoms with Gasteiger partial charge in [-0.2, -0.15) is 20.7 Å². The van der Waals surface area contributed by atoms with E-state index in [1.54, 1.807) is 4.68 Å². The van der Waals surface area contributed by atoms with Crippen molar-refractivity contribution in [1.82, 2.24) is 24.9 Å². The number of nitriles is 2. The first kappa shape index (κ1) is 23.6. The lowest BCUT2D eigenvalue weighted by atomic mass is 10.1. The van der Waals surface area contributed by atoms with Crippen LogP contribution in [0.1, 0.15) is 47.5 Å². The van der Waals surface area contributed by atoms with Gasteiger partial charge in [0, 0.05) is 18.7 Å². The minimum absolute atomic E-state index is 0.0339. The maximum atomic E-state index is 12.3. The van der Waals surface area contributed by atoms with E-state index in [1.807, 2.05) is 48.9 Å². The summed E-state index contributed by atoms with van der Waals surface area (Å²) in [6.45, 7) is 4.94. The molecule has 0 bridgehead atoms. The number of carbonyl (C=O) groups excluding carboxylic acids is 1. The molecular weight excluding hydrogens is 416 g/mol. The van der Waals surface area contributed by atoms with Crippen molar-refractivity contribution < 1.29 is 4.79 Å². The number of aryl methyl sites for hydroxylation is 3. The lowest BCUT2D eigenvalue weighted by Gasteiger charge is -2.06. The highest BCUT2D eigenvalue weighted by Crippen LogP contribution is 2.21. The molecule has 9 heteroatoms. The third-order valence-corrected chi connectivity index (χ3v) is 5.59. The Balaban J connectivity index is 1.50. The Morgan fingerprint density at radius 1 is 1.15 bits per heavy atom. The summed E-state index contributed by atoms with van der Waals surface area (Å²) in [6.07, 6.45) is 2.56. The van der Waals surface area contributed by atoms with E-state index in [0.717, 1.165) is 22.6 Å². The van der Waals surface area contributed by atoms with Gasteiger partial charge in [-0.15, -0.1) is 0 Å². The predicted molar refractivity (Wildman–Crippen MR) is 124 cm³/mol. The molecule has 33 heavy (non-hydrogen) atoms. The second-order valence-corrected chi connectivity index (χ2v) is 7.80. The van der Waals surface area contributed by atoms with Gasteiger partial charge < -0.3 is 11.1 Å². The molecule has 1 amide bonds. The van der Waals surface area contributed by atoms with Crippen LogP contribution < -0.4 is 11.1 Å². The van der Waals surface area contributed by atoms with E-state index < -0.39 is 0 Å². The maximum absolute atomic E-state index is 12.3. The van der Waals surface area contributed by atoms with Crippen LogP contribution in [-0.2, 0) is 24.2 Å². The van der Waals surface area contributed by atoms with Crippen LogP contribution in [0.3, 0.4) is 0 Å². The summed E-state index contributed by atoms with van der Waals surface area (Å²) in [5.74, 6) is 0.289. The predicted octanol–water partition coefficient (Wildman–Crippen LogP) is 2.73. The third kappa shape index (κ3) is 5.58. The van der Waals surface area contributed by atoms with E-state index in [-0.39, 0.29) is 5.91 Å². The molecule has 0 unspecified atom stereocenters. The van der Waals surface area contributed by atoms with Gasteiger partial charge in [-0.3, -0.25) is 9.48 Å². The van der Waals surface area contributed by atoms with Crippen LogP contribution in [0.25, 0.3) is 5.69 Å². The largest absolute Gasteiger partial charge is 0.382 e.